The maximum Gasteiger partial charge on any atom is 0.262 e. The van der Waals surface area contributed by atoms with Gasteiger partial charge in [0.05, 0.1) is 16.7 Å². The first-order valence-corrected chi connectivity index (χ1v) is 9.94. The van der Waals surface area contributed by atoms with E-state index in [1.807, 2.05) is 39.0 Å². The largest absolute Gasteiger partial charge is 0.350 e. The molecule has 26 heavy (non-hydrogen) atoms. The minimum absolute atomic E-state index is 0.0469. The van der Waals surface area contributed by atoms with E-state index >= 15 is 0 Å². The number of aromatic nitrogens is 2. The lowest BCUT2D eigenvalue weighted by Crippen LogP contribution is -2.46. The normalized spacial score (nSPS) is 12.4. The highest BCUT2D eigenvalue weighted by Crippen LogP contribution is 2.27. The Morgan fingerprint density at radius 2 is 1.85 bits per heavy atom. The molecule has 6 heteroatoms. The number of carbonyl (C=O) groups excluding carboxylic acids is 1. The van der Waals surface area contributed by atoms with Crippen LogP contribution >= 0.6 is 11.8 Å². The topological polar surface area (TPSA) is 64.0 Å². The van der Waals surface area contributed by atoms with E-state index < -0.39 is 0 Å². The van der Waals surface area contributed by atoms with Crippen molar-refractivity contribution in [3.05, 3.63) is 34.6 Å². The van der Waals surface area contributed by atoms with Crippen LogP contribution < -0.4 is 10.9 Å². The SMILES string of the molecule is CCn1c(SCC(=O)NC(C)(C)CC(C)(C)C)nc2ccccc2c1=O. The summed E-state index contributed by atoms with van der Waals surface area (Å²) in [4.78, 5) is 29.6. The zero-order valence-electron chi connectivity index (χ0n) is 16.5. The van der Waals surface area contributed by atoms with Crippen molar-refractivity contribution in [2.75, 3.05) is 5.75 Å². The highest BCUT2D eigenvalue weighted by Gasteiger charge is 2.27. The molecule has 0 aliphatic carbocycles. The van der Waals surface area contributed by atoms with Crippen LogP contribution in [-0.4, -0.2) is 26.8 Å². The third-order valence-electron chi connectivity index (χ3n) is 3.93. The lowest BCUT2D eigenvalue weighted by atomic mass is 9.82. The molecule has 2 aromatic rings. The third kappa shape index (κ3) is 5.34. The second kappa shape index (κ2) is 7.82. The molecule has 0 saturated carbocycles. The van der Waals surface area contributed by atoms with E-state index in [-0.39, 0.29) is 28.2 Å². The molecule has 0 bridgehead atoms. The Bertz CT molecular complexity index is 850. The summed E-state index contributed by atoms with van der Waals surface area (Å²) in [6, 6.07) is 7.31. The van der Waals surface area contributed by atoms with Gasteiger partial charge in [-0.25, -0.2) is 4.98 Å². The number of nitrogens with one attached hydrogen (secondary N) is 1. The first-order valence-electron chi connectivity index (χ1n) is 8.96. The molecule has 0 spiro atoms. The van der Waals surface area contributed by atoms with E-state index in [9.17, 15) is 9.59 Å². The molecule has 0 saturated heterocycles. The van der Waals surface area contributed by atoms with Gasteiger partial charge in [-0.3, -0.25) is 14.2 Å². The maximum atomic E-state index is 12.6. The van der Waals surface area contributed by atoms with Crippen LogP contribution in [0.15, 0.2) is 34.2 Å². The summed E-state index contributed by atoms with van der Waals surface area (Å²) in [5, 5.41) is 4.29. The summed E-state index contributed by atoms with van der Waals surface area (Å²) >= 11 is 1.31. The smallest absolute Gasteiger partial charge is 0.262 e. The first kappa shape index (κ1) is 20.5. The Hall–Kier alpha value is -1.82. The van der Waals surface area contributed by atoms with Gasteiger partial charge in [0, 0.05) is 12.1 Å². The molecular weight excluding hydrogens is 346 g/mol. The zero-order chi connectivity index (χ0) is 19.5. The highest BCUT2D eigenvalue weighted by molar-refractivity contribution is 7.99. The van der Waals surface area contributed by atoms with E-state index in [4.69, 9.17) is 0 Å². The van der Waals surface area contributed by atoms with E-state index in [2.05, 4.69) is 31.1 Å². The number of thioether (sulfide) groups is 1. The summed E-state index contributed by atoms with van der Waals surface area (Å²) < 4.78 is 1.63. The average molecular weight is 376 g/mol. The van der Waals surface area contributed by atoms with Gasteiger partial charge in [-0.2, -0.15) is 0 Å². The molecule has 1 aromatic carbocycles. The van der Waals surface area contributed by atoms with Gasteiger partial charge in [-0.05, 0) is 44.7 Å². The fourth-order valence-electron chi connectivity index (χ4n) is 3.45. The zero-order valence-corrected chi connectivity index (χ0v) is 17.4. The molecule has 0 aliphatic rings. The fraction of sp³-hybridized carbons (Fsp3) is 0.550. The number of rotatable bonds is 6. The number of hydrogen-bond acceptors (Lipinski definition) is 4. The Kier molecular flexibility index (Phi) is 6.17. The van der Waals surface area contributed by atoms with E-state index in [1.54, 1.807) is 10.6 Å². The van der Waals surface area contributed by atoms with E-state index in [1.165, 1.54) is 11.8 Å². The monoisotopic (exact) mass is 375 g/mol. The molecule has 1 amide bonds. The number of benzene rings is 1. The quantitative estimate of drug-likeness (QED) is 0.615. The molecule has 5 nitrogen and oxygen atoms in total. The predicted molar refractivity (Wildman–Crippen MR) is 109 cm³/mol. The number of fused-ring (bicyclic) bond motifs is 1. The van der Waals surface area contributed by atoms with Gasteiger partial charge in [0.2, 0.25) is 5.91 Å². The summed E-state index contributed by atoms with van der Waals surface area (Å²) in [5.41, 5.74) is 0.455. The Balaban J connectivity index is 2.14. The van der Waals surface area contributed by atoms with Crippen molar-refractivity contribution in [2.24, 2.45) is 5.41 Å². The second-order valence-corrected chi connectivity index (χ2v) is 9.36. The molecule has 0 radical (unpaired) electrons. The molecule has 0 unspecified atom stereocenters. The molecule has 1 N–H and O–H groups in total. The van der Waals surface area contributed by atoms with Crippen LogP contribution in [0.25, 0.3) is 10.9 Å². The lowest BCUT2D eigenvalue weighted by Gasteiger charge is -2.33. The lowest BCUT2D eigenvalue weighted by molar-refractivity contribution is -0.120. The van der Waals surface area contributed by atoms with Crippen molar-refractivity contribution in [1.82, 2.24) is 14.9 Å². The average Bonchev–Trinajstić information content (AvgIpc) is 2.50. The molecular formula is C20H29N3O2S. The van der Waals surface area contributed by atoms with Crippen molar-refractivity contribution < 1.29 is 4.79 Å². The van der Waals surface area contributed by atoms with E-state index in [0.29, 0.717) is 22.6 Å². The Morgan fingerprint density at radius 1 is 1.19 bits per heavy atom. The molecule has 2 rings (SSSR count). The van der Waals surface area contributed by atoms with Crippen molar-refractivity contribution in [1.29, 1.82) is 0 Å². The van der Waals surface area contributed by atoms with Gasteiger partial charge < -0.3 is 5.32 Å². The van der Waals surface area contributed by atoms with Crippen molar-refractivity contribution in [3.8, 4) is 0 Å². The van der Waals surface area contributed by atoms with Gasteiger partial charge in [0.25, 0.3) is 5.56 Å². The van der Waals surface area contributed by atoms with Gasteiger partial charge in [-0.15, -0.1) is 0 Å². The standard InChI is InChI=1S/C20H29N3O2S/c1-7-23-17(25)14-10-8-9-11-15(14)21-18(23)26-12-16(24)22-20(5,6)13-19(2,3)4/h8-11H,7,12-13H2,1-6H3,(H,22,24). The van der Waals surface area contributed by atoms with Crippen LogP contribution in [0.2, 0.25) is 0 Å². The van der Waals surface area contributed by atoms with Gasteiger partial charge in [0.15, 0.2) is 5.16 Å². The summed E-state index contributed by atoms with van der Waals surface area (Å²) in [5.74, 6) is 0.188. The van der Waals surface area contributed by atoms with Gasteiger partial charge >= 0.3 is 0 Å². The van der Waals surface area contributed by atoms with Crippen LogP contribution in [-0.2, 0) is 11.3 Å². The van der Waals surface area contributed by atoms with Crippen LogP contribution in [0, 0.1) is 5.41 Å². The first-order chi connectivity index (χ1) is 12.0. The molecule has 1 heterocycles. The minimum Gasteiger partial charge on any atom is -0.350 e. The highest BCUT2D eigenvalue weighted by atomic mass is 32.2. The molecule has 0 fully saturated rings. The summed E-state index contributed by atoms with van der Waals surface area (Å²) in [6.45, 7) is 13.0. The predicted octanol–water partition coefficient (Wildman–Crippen LogP) is 3.84. The number of para-hydroxylation sites is 1. The fourth-order valence-corrected chi connectivity index (χ4v) is 4.31. The Morgan fingerprint density at radius 3 is 2.46 bits per heavy atom. The molecule has 0 atom stereocenters. The number of hydrogen-bond donors (Lipinski definition) is 1. The number of nitrogens with zero attached hydrogens (tertiary/aromatic N) is 2. The van der Waals surface area contributed by atoms with Crippen LogP contribution in [0.4, 0.5) is 0 Å². The van der Waals surface area contributed by atoms with Gasteiger partial charge in [0.1, 0.15) is 0 Å². The molecule has 0 aliphatic heterocycles. The molecule has 142 valence electrons. The second-order valence-electron chi connectivity index (χ2n) is 8.42. The van der Waals surface area contributed by atoms with Crippen molar-refractivity contribution >= 4 is 28.6 Å². The van der Waals surface area contributed by atoms with E-state index in [0.717, 1.165) is 6.42 Å². The summed E-state index contributed by atoms with van der Waals surface area (Å²) in [7, 11) is 0. The summed E-state index contributed by atoms with van der Waals surface area (Å²) in [6.07, 6.45) is 0.879. The van der Waals surface area contributed by atoms with Crippen LogP contribution in [0.1, 0.15) is 48.0 Å². The van der Waals surface area contributed by atoms with Crippen molar-refractivity contribution in [2.45, 2.75) is 65.2 Å². The third-order valence-corrected chi connectivity index (χ3v) is 4.90. The Labute approximate surface area is 159 Å². The maximum absolute atomic E-state index is 12.6. The van der Waals surface area contributed by atoms with Crippen LogP contribution in [0.3, 0.4) is 0 Å². The number of amides is 1. The number of carbonyl (C=O) groups is 1. The van der Waals surface area contributed by atoms with Gasteiger partial charge in [-0.1, -0.05) is 44.7 Å². The van der Waals surface area contributed by atoms with Crippen molar-refractivity contribution in [3.63, 3.8) is 0 Å². The minimum atomic E-state index is -0.281. The molecule has 1 aromatic heterocycles. The van der Waals surface area contributed by atoms with Crippen LogP contribution in [0.5, 0.6) is 0 Å².